The highest BCUT2D eigenvalue weighted by Gasteiger charge is 2.21. The number of aryl methyl sites for hydroxylation is 1. The monoisotopic (exact) mass is 501 g/mol. The predicted molar refractivity (Wildman–Crippen MR) is 125 cm³/mol. The lowest BCUT2D eigenvalue weighted by molar-refractivity contribution is 0.0973. The Balaban J connectivity index is 1.80. The van der Waals surface area contributed by atoms with Gasteiger partial charge in [-0.05, 0) is 61.0 Å². The summed E-state index contributed by atoms with van der Waals surface area (Å²) < 4.78 is 34.2. The van der Waals surface area contributed by atoms with E-state index in [0.29, 0.717) is 11.3 Å². The van der Waals surface area contributed by atoms with Crippen molar-refractivity contribution in [3.8, 4) is 5.75 Å². The molecule has 0 heterocycles. The van der Waals surface area contributed by atoms with Crippen molar-refractivity contribution in [3.05, 3.63) is 94.0 Å². The average molecular weight is 502 g/mol. The Morgan fingerprint density at radius 3 is 2.16 bits per heavy atom. The molecule has 0 aliphatic heterocycles. The van der Waals surface area contributed by atoms with Crippen LogP contribution < -0.4 is 9.46 Å². The van der Waals surface area contributed by atoms with E-state index in [1.165, 1.54) is 0 Å². The standard InChI is InChI=1S/C24H24BrNO4S/c1-17-3-13-23(14-4-17)31(28,29)26-16-20(18-5-9-21(25)10-6-18)15-24(27)19-7-11-22(30-2)12-8-19/h3-14,20,26H,15-16H2,1-2H3. The van der Waals surface area contributed by atoms with Crippen LogP contribution in [0.4, 0.5) is 0 Å². The number of ether oxygens (including phenoxy) is 1. The Bertz CT molecular complexity index is 1130. The summed E-state index contributed by atoms with van der Waals surface area (Å²) in [6.07, 6.45) is 0.171. The summed E-state index contributed by atoms with van der Waals surface area (Å²) in [6, 6.07) is 21.2. The van der Waals surface area contributed by atoms with Crippen LogP contribution in [-0.4, -0.2) is 27.9 Å². The molecule has 0 bridgehead atoms. The third-order valence-electron chi connectivity index (χ3n) is 5.04. The summed E-state index contributed by atoms with van der Waals surface area (Å²) in [5.41, 5.74) is 2.43. The third kappa shape index (κ3) is 6.26. The molecule has 0 saturated heterocycles. The zero-order chi connectivity index (χ0) is 22.4. The molecule has 3 aromatic carbocycles. The number of Topliss-reactive ketones (excluding diaryl/α,β-unsaturated/α-hetero) is 1. The zero-order valence-electron chi connectivity index (χ0n) is 17.3. The molecule has 0 aromatic heterocycles. The van der Waals surface area contributed by atoms with Crippen molar-refractivity contribution in [1.29, 1.82) is 0 Å². The van der Waals surface area contributed by atoms with Gasteiger partial charge in [0.05, 0.1) is 12.0 Å². The summed E-state index contributed by atoms with van der Waals surface area (Å²) in [4.78, 5) is 13.1. The molecule has 0 aliphatic carbocycles. The van der Waals surface area contributed by atoms with Crippen LogP contribution in [0.2, 0.25) is 0 Å². The van der Waals surface area contributed by atoms with E-state index in [2.05, 4.69) is 20.7 Å². The molecule has 1 unspecified atom stereocenters. The minimum absolute atomic E-state index is 0.0647. The molecule has 1 N–H and O–H groups in total. The van der Waals surface area contributed by atoms with Crippen LogP contribution in [0.15, 0.2) is 82.2 Å². The van der Waals surface area contributed by atoms with Crippen LogP contribution in [-0.2, 0) is 10.0 Å². The normalized spacial score (nSPS) is 12.4. The molecular formula is C24H24BrNO4S. The number of benzene rings is 3. The maximum atomic E-state index is 12.9. The summed E-state index contributed by atoms with van der Waals surface area (Å²) in [7, 11) is -2.11. The molecule has 0 aliphatic rings. The maximum absolute atomic E-state index is 12.9. The number of sulfonamides is 1. The number of carbonyl (C=O) groups excluding carboxylic acids is 1. The smallest absolute Gasteiger partial charge is 0.240 e. The molecule has 0 spiro atoms. The van der Waals surface area contributed by atoms with E-state index in [1.807, 2.05) is 31.2 Å². The molecule has 0 saturated carbocycles. The Labute approximate surface area is 191 Å². The first-order valence-corrected chi connectivity index (χ1v) is 12.0. The predicted octanol–water partition coefficient (Wildman–Crippen LogP) is 5.10. The number of methoxy groups -OCH3 is 1. The number of rotatable bonds is 9. The number of hydrogen-bond donors (Lipinski definition) is 1. The van der Waals surface area contributed by atoms with Crippen LogP contribution in [0, 0.1) is 6.92 Å². The first-order valence-electron chi connectivity index (χ1n) is 9.77. The Morgan fingerprint density at radius 2 is 1.58 bits per heavy atom. The Kier molecular flexibility index (Phi) is 7.64. The molecule has 7 heteroatoms. The van der Waals surface area contributed by atoms with Crippen LogP contribution in [0.1, 0.15) is 33.8 Å². The van der Waals surface area contributed by atoms with Gasteiger partial charge in [0.25, 0.3) is 0 Å². The second kappa shape index (κ2) is 10.2. The lowest BCUT2D eigenvalue weighted by Crippen LogP contribution is -2.29. The van der Waals surface area contributed by atoms with Crippen molar-refractivity contribution in [2.75, 3.05) is 13.7 Å². The van der Waals surface area contributed by atoms with Crippen molar-refractivity contribution in [2.45, 2.75) is 24.2 Å². The summed E-state index contributed by atoms with van der Waals surface area (Å²) in [5, 5.41) is 0. The van der Waals surface area contributed by atoms with Crippen molar-refractivity contribution in [3.63, 3.8) is 0 Å². The van der Waals surface area contributed by atoms with Gasteiger partial charge in [-0.2, -0.15) is 0 Å². The first kappa shape index (κ1) is 23.2. The van der Waals surface area contributed by atoms with E-state index in [-0.39, 0.29) is 29.6 Å². The highest BCUT2D eigenvalue weighted by atomic mass is 79.9. The lowest BCUT2D eigenvalue weighted by Gasteiger charge is -2.18. The van der Waals surface area contributed by atoms with Gasteiger partial charge in [0.1, 0.15) is 5.75 Å². The van der Waals surface area contributed by atoms with Crippen molar-refractivity contribution >= 4 is 31.7 Å². The second-order valence-corrected chi connectivity index (χ2v) is 9.95. The summed E-state index contributed by atoms with van der Waals surface area (Å²) in [5.74, 6) is 0.292. The van der Waals surface area contributed by atoms with Gasteiger partial charge in [0.15, 0.2) is 5.78 Å². The number of halogens is 1. The van der Waals surface area contributed by atoms with Crippen LogP contribution in [0.25, 0.3) is 0 Å². The molecular weight excluding hydrogens is 478 g/mol. The SMILES string of the molecule is COc1ccc(C(=O)CC(CNS(=O)(=O)c2ccc(C)cc2)c2ccc(Br)cc2)cc1. The van der Waals surface area contributed by atoms with E-state index < -0.39 is 10.0 Å². The molecule has 1 atom stereocenters. The van der Waals surface area contributed by atoms with E-state index in [9.17, 15) is 13.2 Å². The van der Waals surface area contributed by atoms with Crippen LogP contribution in [0.3, 0.4) is 0 Å². The zero-order valence-corrected chi connectivity index (χ0v) is 19.7. The van der Waals surface area contributed by atoms with Crippen LogP contribution >= 0.6 is 15.9 Å². The van der Waals surface area contributed by atoms with Crippen molar-refractivity contribution in [1.82, 2.24) is 4.72 Å². The molecule has 0 radical (unpaired) electrons. The number of ketones is 1. The topological polar surface area (TPSA) is 72.5 Å². The van der Waals surface area contributed by atoms with Crippen LogP contribution in [0.5, 0.6) is 5.75 Å². The third-order valence-corrected chi connectivity index (χ3v) is 7.00. The van der Waals surface area contributed by atoms with E-state index >= 15 is 0 Å². The summed E-state index contributed by atoms with van der Waals surface area (Å²) in [6.45, 7) is 2.01. The van der Waals surface area contributed by atoms with Gasteiger partial charge in [-0.3, -0.25) is 4.79 Å². The Hall–Kier alpha value is -2.48. The largest absolute Gasteiger partial charge is 0.497 e. The van der Waals surface area contributed by atoms with Gasteiger partial charge < -0.3 is 4.74 Å². The molecule has 3 rings (SSSR count). The molecule has 3 aromatic rings. The average Bonchev–Trinajstić information content (AvgIpc) is 2.77. The molecule has 162 valence electrons. The number of carbonyl (C=O) groups is 1. The highest BCUT2D eigenvalue weighted by Crippen LogP contribution is 2.25. The molecule has 5 nitrogen and oxygen atoms in total. The minimum Gasteiger partial charge on any atom is -0.497 e. The van der Waals surface area contributed by atoms with Gasteiger partial charge in [0, 0.05) is 28.9 Å². The first-order chi connectivity index (χ1) is 14.8. The molecule has 31 heavy (non-hydrogen) atoms. The fraction of sp³-hybridized carbons (Fsp3) is 0.208. The maximum Gasteiger partial charge on any atom is 0.240 e. The highest BCUT2D eigenvalue weighted by molar-refractivity contribution is 9.10. The van der Waals surface area contributed by atoms with Gasteiger partial charge in [-0.1, -0.05) is 45.8 Å². The fourth-order valence-corrected chi connectivity index (χ4v) is 4.52. The Morgan fingerprint density at radius 1 is 0.968 bits per heavy atom. The number of hydrogen-bond acceptors (Lipinski definition) is 4. The van der Waals surface area contributed by atoms with E-state index in [0.717, 1.165) is 15.6 Å². The molecule has 0 fully saturated rings. The van der Waals surface area contributed by atoms with Crippen molar-refractivity contribution < 1.29 is 17.9 Å². The minimum atomic E-state index is -3.68. The van der Waals surface area contributed by atoms with Gasteiger partial charge >= 0.3 is 0 Å². The lowest BCUT2D eigenvalue weighted by atomic mass is 9.91. The van der Waals surface area contributed by atoms with E-state index in [1.54, 1.807) is 55.6 Å². The molecule has 0 amide bonds. The second-order valence-electron chi connectivity index (χ2n) is 7.27. The van der Waals surface area contributed by atoms with Gasteiger partial charge in [0.2, 0.25) is 10.0 Å². The quantitative estimate of drug-likeness (QED) is 0.414. The van der Waals surface area contributed by atoms with Gasteiger partial charge in [-0.25, -0.2) is 13.1 Å². The summed E-state index contributed by atoms with van der Waals surface area (Å²) >= 11 is 3.41. The van der Waals surface area contributed by atoms with Gasteiger partial charge in [-0.15, -0.1) is 0 Å². The fourth-order valence-electron chi connectivity index (χ4n) is 3.17. The van der Waals surface area contributed by atoms with Crippen molar-refractivity contribution in [2.24, 2.45) is 0 Å². The van der Waals surface area contributed by atoms with E-state index in [4.69, 9.17) is 4.74 Å². The number of nitrogens with one attached hydrogen (secondary N) is 1.